The second-order valence-corrected chi connectivity index (χ2v) is 13.1. The summed E-state index contributed by atoms with van der Waals surface area (Å²) in [6.45, 7) is -4.29. The second kappa shape index (κ2) is 8.91. The molecule has 0 aliphatic carbocycles. The molecule has 0 amide bonds. The van der Waals surface area contributed by atoms with E-state index in [1.165, 1.54) is 0 Å². The third-order valence-electron chi connectivity index (χ3n) is 3.08. The molecule has 10 N–H and O–H groups in total. The van der Waals surface area contributed by atoms with E-state index < -0.39 is 72.1 Å². The number of rotatable bonds is 10. The molecule has 22 heteroatoms. The average Bonchev–Trinajstić information content (AvgIpc) is 2.44. The molecule has 0 aromatic rings. The summed E-state index contributed by atoms with van der Waals surface area (Å²) >= 11 is 0. The van der Waals surface area contributed by atoms with Crippen LogP contribution in [0.1, 0.15) is 6.42 Å². The van der Waals surface area contributed by atoms with Crippen molar-refractivity contribution in [1.29, 1.82) is 0 Å². The van der Waals surface area contributed by atoms with E-state index in [-0.39, 0.29) is 0 Å². The minimum atomic E-state index is -6.12. The lowest BCUT2D eigenvalue weighted by Crippen LogP contribution is -2.41. The Labute approximate surface area is 159 Å². The summed E-state index contributed by atoms with van der Waals surface area (Å²) < 4.78 is 52.9. The van der Waals surface area contributed by atoms with Crippen LogP contribution in [0.5, 0.6) is 0 Å². The first-order valence-corrected chi connectivity index (χ1v) is 12.9. The van der Waals surface area contributed by atoms with Gasteiger partial charge in [-0.05, 0) is 0 Å². The zero-order chi connectivity index (χ0) is 23.7. The van der Waals surface area contributed by atoms with E-state index in [0.29, 0.717) is 0 Å². The van der Waals surface area contributed by atoms with Crippen molar-refractivity contribution < 1.29 is 86.7 Å². The molecule has 29 heavy (non-hydrogen) atoms. The molecule has 0 aliphatic rings. The molecule has 0 fully saturated rings. The van der Waals surface area contributed by atoms with Crippen molar-refractivity contribution in [2.45, 2.75) is 16.6 Å². The molecule has 0 saturated carbocycles. The van der Waals surface area contributed by atoms with Gasteiger partial charge in [0.1, 0.15) is 19.6 Å². The molecular formula is C7H16O18P4. The van der Waals surface area contributed by atoms with Gasteiger partial charge in [0.2, 0.25) is 0 Å². The molecule has 0 atom stereocenters. The predicted molar refractivity (Wildman–Crippen MR) is 84.6 cm³/mol. The van der Waals surface area contributed by atoms with E-state index >= 15 is 0 Å². The molecule has 0 spiro atoms. The van der Waals surface area contributed by atoms with Crippen LogP contribution in [0.4, 0.5) is 0 Å². The van der Waals surface area contributed by atoms with Crippen molar-refractivity contribution in [3.05, 3.63) is 0 Å². The fraction of sp³-hybridized carbons (Fsp3) is 0.714. The van der Waals surface area contributed by atoms with Crippen LogP contribution < -0.4 is 0 Å². The van der Waals surface area contributed by atoms with Crippen LogP contribution >= 0.6 is 30.4 Å². The number of aliphatic hydroxyl groups excluding tert-OH is 2. The first kappa shape index (κ1) is 28.5. The molecule has 18 nitrogen and oxygen atoms in total. The van der Waals surface area contributed by atoms with E-state index in [2.05, 4.69) is 9.47 Å². The van der Waals surface area contributed by atoms with E-state index in [4.69, 9.17) is 49.4 Å². The highest BCUT2D eigenvalue weighted by Gasteiger charge is 2.65. The first-order chi connectivity index (χ1) is 12.6. The van der Waals surface area contributed by atoms with Gasteiger partial charge < -0.3 is 58.8 Å². The number of esters is 2. The molecule has 0 aliphatic heterocycles. The minimum Gasteiger partial charge on any atom is -0.430 e. The summed E-state index contributed by atoms with van der Waals surface area (Å²) in [7, 11) is -24.5. The van der Waals surface area contributed by atoms with Gasteiger partial charge in [0.15, 0.2) is 0 Å². The quantitative estimate of drug-likeness (QED) is 0.0769. The van der Waals surface area contributed by atoms with Crippen molar-refractivity contribution in [1.82, 2.24) is 0 Å². The molecule has 0 heterocycles. The molecule has 0 aromatic carbocycles. The maximum Gasteiger partial charge on any atom is 0.384 e. The summed E-state index contributed by atoms with van der Waals surface area (Å²) in [4.78, 5) is 95.3. The Bertz CT molecular complexity index is 709. The molecule has 0 saturated heterocycles. The standard InChI is InChI=1S/C7H16O18P4/c8-2-6(26(12,13)14,27(15,16)17)24-4(10)1-5(11)25-7(3-9,28(18,19)20)29(21,22)23/h8-9H,1-3H2,(H2,12,13,14)(H2,15,16,17)(H2,18,19,20)(H2,21,22,23). The van der Waals surface area contributed by atoms with Crippen LogP contribution in [0, 0.1) is 0 Å². The van der Waals surface area contributed by atoms with Gasteiger partial charge in [-0.3, -0.25) is 27.8 Å². The second-order valence-electron chi connectivity index (χ2n) is 5.10. The monoisotopic (exact) mass is 512 g/mol. The zero-order valence-corrected chi connectivity index (χ0v) is 17.2. The van der Waals surface area contributed by atoms with Crippen LogP contribution in [0.15, 0.2) is 0 Å². The van der Waals surface area contributed by atoms with Gasteiger partial charge in [0.25, 0.3) is 0 Å². The topological polar surface area (TPSA) is 323 Å². The first-order valence-electron chi connectivity index (χ1n) is 6.50. The maximum absolute atomic E-state index is 11.6. The molecule has 172 valence electrons. The lowest BCUT2D eigenvalue weighted by Gasteiger charge is -2.33. The highest BCUT2D eigenvalue weighted by molar-refractivity contribution is 7.72. The Hall–Kier alpha value is -0.540. The number of hydrogen-bond donors (Lipinski definition) is 10. The van der Waals surface area contributed by atoms with Crippen LogP contribution in [0.3, 0.4) is 0 Å². The van der Waals surface area contributed by atoms with Crippen molar-refractivity contribution in [2.24, 2.45) is 0 Å². The van der Waals surface area contributed by atoms with Gasteiger partial charge >= 0.3 is 52.5 Å². The minimum absolute atomic E-state index is 1.97. The molecule has 0 aromatic heterocycles. The van der Waals surface area contributed by atoms with Crippen LogP contribution in [0.25, 0.3) is 0 Å². The number of carbonyl (C=O) groups excluding carboxylic acids is 2. The van der Waals surface area contributed by atoms with Gasteiger partial charge in [-0.25, -0.2) is 0 Å². The van der Waals surface area contributed by atoms with Gasteiger partial charge in [-0.2, -0.15) is 0 Å². The summed E-state index contributed by atoms with van der Waals surface area (Å²) in [6, 6.07) is 0. The van der Waals surface area contributed by atoms with E-state index in [0.717, 1.165) is 0 Å². The Morgan fingerprint density at radius 1 is 0.586 bits per heavy atom. The Balaban J connectivity index is 5.85. The predicted octanol–water partition coefficient (Wildman–Crippen LogP) is -3.53. The van der Waals surface area contributed by atoms with Crippen LogP contribution in [-0.2, 0) is 37.3 Å². The van der Waals surface area contributed by atoms with Crippen molar-refractivity contribution in [2.75, 3.05) is 13.2 Å². The van der Waals surface area contributed by atoms with Crippen LogP contribution in [-0.4, -0.2) is 84.7 Å². The SMILES string of the molecule is O=C(CC(=O)OC(CO)(P(=O)(O)O)P(=O)(O)O)OC(CO)(P(=O)(O)O)P(=O)(O)O. The van der Waals surface area contributed by atoms with Gasteiger partial charge in [0, 0.05) is 0 Å². The van der Waals surface area contributed by atoms with E-state index in [9.17, 15) is 27.8 Å². The number of aliphatic hydroxyl groups is 2. The third kappa shape index (κ3) is 5.79. The molecular weight excluding hydrogens is 496 g/mol. The van der Waals surface area contributed by atoms with Crippen molar-refractivity contribution >= 4 is 42.3 Å². The summed E-state index contributed by atoms with van der Waals surface area (Å²) in [5, 5.41) is 9.59. The normalized spacial score (nSPS) is 14.4. The Kier molecular flexibility index (Phi) is 8.74. The lowest BCUT2D eigenvalue weighted by molar-refractivity contribution is -0.163. The highest BCUT2D eigenvalue weighted by Crippen LogP contribution is 2.70. The Morgan fingerprint density at radius 3 is 0.931 bits per heavy atom. The summed E-state index contributed by atoms with van der Waals surface area (Å²) in [5.74, 6) is -4.50. The van der Waals surface area contributed by atoms with E-state index in [1.54, 1.807) is 0 Å². The van der Waals surface area contributed by atoms with Gasteiger partial charge in [-0.1, -0.05) is 0 Å². The fourth-order valence-electron chi connectivity index (χ4n) is 1.56. The van der Waals surface area contributed by atoms with Gasteiger partial charge in [0.05, 0.1) is 0 Å². The van der Waals surface area contributed by atoms with Crippen molar-refractivity contribution in [3.63, 3.8) is 0 Å². The summed E-state index contributed by atoms with van der Waals surface area (Å²) in [6.07, 6.45) is -1.97. The van der Waals surface area contributed by atoms with Gasteiger partial charge in [-0.15, -0.1) is 0 Å². The molecule has 0 unspecified atom stereocenters. The smallest absolute Gasteiger partial charge is 0.384 e. The van der Waals surface area contributed by atoms with E-state index in [1.807, 2.05) is 0 Å². The zero-order valence-electron chi connectivity index (χ0n) is 13.6. The average molecular weight is 512 g/mol. The number of ether oxygens (including phenoxy) is 2. The highest BCUT2D eigenvalue weighted by atomic mass is 31.2. The largest absolute Gasteiger partial charge is 0.430 e. The fourth-order valence-corrected chi connectivity index (χ4v) is 5.90. The Morgan fingerprint density at radius 2 is 0.793 bits per heavy atom. The summed E-state index contributed by atoms with van der Waals surface area (Å²) in [5.41, 5.74) is 0. The van der Waals surface area contributed by atoms with Crippen molar-refractivity contribution in [3.8, 4) is 0 Å². The molecule has 0 rings (SSSR count). The number of hydrogen-bond acceptors (Lipinski definition) is 10. The molecule has 0 radical (unpaired) electrons. The third-order valence-corrected chi connectivity index (χ3v) is 10.8. The lowest BCUT2D eigenvalue weighted by atomic mass is 10.4. The molecule has 0 bridgehead atoms. The number of carbonyl (C=O) groups is 2. The maximum atomic E-state index is 11.6. The van der Waals surface area contributed by atoms with Crippen LogP contribution in [0.2, 0.25) is 0 Å².